The number of carbonyl (C=O) groups is 1. The summed E-state index contributed by atoms with van der Waals surface area (Å²) in [7, 11) is -1.61. The van der Waals surface area contributed by atoms with Gasteiger partial charge in [-0.1, -0.05) is 13.3 Å². The molecule has 208 valence electrons. The number of fused-ring (bicyclic) bond motifs is 1. The standard InChI is InChI=1S/C25H36N6O6S/c1-4-6-19-22-23(30(3)28-19)25(33)27-24(26-22)18-15-17(8-9-20(18)37-5-2)38(35,36)31-13-11-16(12-14-31)7-10-21(32)29-34/h8-9,15-16,34-36H,4-7,10-14H2,1-3H3,(H,29,32)(H,26,27,33). The van der Waals surface area contributed by atoms with Crippen molar-refractivity contribution in [3.63, 3.8) is 0 Å². The summed E-state index contributed by atoms with van der Waals surface area (Å²) in [6.07, 6.45) is 3.78. The molecule has 13 heteroatoms. The first kappa shape index (κ1) is 28.0. The van der Waals surface area contributed by atoms with E-state index in [9.17, 15) is 18.7 Å². The molecule has 3 heterocycles. The van der Waals surface area contributed by atoms with Crippen molar-refractivity contribution < 1.29 is 23.8 Å². The van der Waals surface area contributed by atoms with Crippen LogP contribution in [0.4, 0.5) is 0 Å². The fourth-order valence-corrected chi connectivity index (χ4v) is 6.46. The Hall–Kier alpha value is -2.97. The third-order valence-electron chi connectivity index (χ3n) is 6.91. The Morgan fingerprint density at radius 2 is 2.00 bits per heavy atom. The summed E-state index contributed by atoms with van der Waals surface area (Å²) < 4.78 is 31.6. The van der Waals surface area contributed by atoms with Gasteiger partial charge in [0, 0.05) is 26.6 Å². The topological polar surface area (TPSA) is 166 Å². The zero-order valence-corrected chi connectivity index (χ0v) is 22.8. The lowest BCUT2D eigenvalue weighted by atomic mass is 9.93. The number of hydroxylamine groups is 1. The number of aromatic amines is 1. The summed E-state index contributed by atoms with van der Waals surface area (Å²) in [5.41, 5.74) is 3.40. The van der Waals surface area contributed by atoms with E-state index in [1.165, 1.54) is 4.68 Å². The fourth-order valence-electron chi connectivity index (χ4n) is 4.92. The van der Waals surface area contributed by atoms with Crippen molar-refractivity contribution in [1.29, 1.82) is 0 Å². The van der Waals surface area contributed by atoms with E-state index >= 15 is 0 Å². The van der Waals surface area contributed by atoms with Crippen LogP contribution in [0.15, 0.2) is 27.9 Å². The van der Waals surface area contributed by atoms with Gasteiger partial charge in [-0.25, -0.2) is 14.8 Å². The minimum Gasteiger partial charge on any atom is -0.493 e. The second kappa shape index (κ2) is 11.8. The summed E-state index contributed by atoms with van der Waals surface area (Å²) in [4.78, 5) is 32.2. The third kappa shape index (κ3) is 5.71. The molecule has 0 saturated carbocycles. The molecule has 38 heavy (non-hydrogen) atoms. The highest BCUT2D eigenvalue weighted by molar-refractivity contribution is 8.22. The van der Waals surface area contributed by atoms with Crippen molar-refractivity contribution in [2.24, 2.45) is 13.0 Å². The fraction of sp³-hybridized carbons (Fsp3) is 0.520. The summed E-state index contributed by atoms with van der Waals surface area (Å²) in [5.74, 6) is 0.578. The van der Waals surface area contributed by atoms with Crippen LogP contribution in [0.25, 0.3) is 22.4 Å². The Labute approximate surface area is 222 Å². The first-order chi connectivity index (χ1) is 18.2. The maximum absolute atomic E-state index is 13.0. The predicted molar refractivity (Wildman–Crippen MR) is 144 cm³/mol. The molecule has 2 aromatic heterocycles. The number of aryl methyl sites for hydroxylation is 2. The molecule has 1 fully saturated rings. The Kier molecular flexibility index (Phi) is 8.73. The molecule has 0 radical (unpaired) electrons. The number of piperidine rings is 1. The van der Waals surface area contributed by atoms with Crippen molar-refractivity contribution in [2.75, 3.05) is 19.7 Å². The van der Waals surface area contributed by atoms with E-state index < -0.39 is 16.7 Å². The number of amides is 1. The van der Waals surface area contributed by atoms with Gasteiger partial charge in [-0.15, -0.1) is 10.8 Å². The van der Waals surface area contributed by atoms with E-state index in [-0.39, 0.29) is 23.7 Å². The lowest BCUT2D eigenvalue weighted by Gasteiger charge is -2.46. The number of hydrogen-bond donors (Lipinski definition) is 5. The molecule has 0 atom stereocenters. The highest BCUT2D eigenvalue weighted by atomic mass is 32.3. The van der Waals surface area contributed by atoms with Gasteiger partial charge in [-0.05, 0) is 56.7 Å². The van der Waals surface area contributed by atoms with Crippen molar-refractivity contribution in [3.8, 4) is 17.1 Å². The largest absolute Gasteiger partial charge is 0.493 e. The number of nitrogens with one attached hydrogen (secondary N) is 2. The van der Waals surface area contributed by atoms with Crippen molar-refractivity contribution in [2.45, 2.75) is 57.3 Å². The van der Waals surface area contributed by atoms with Gasteiger partial charge in [0.15, 0.2) is 5.52 Å². The van der Waals surface area contributed by atoms with Crippen LogP contribution < -0.4 is 15.8 Å². The Bertz CT molecular complexity index is 1350. The summed E-state index contributed by atoms with van der Waals surface area (Å²) in [6, 6.07) is 4.92. The molecule has 0 aliphatic carbocycles. The van der Waals surface area contributed by atoms with E-state index in [0.717, 1.165) is 12.1 Å². The van der Waals surface area contributed by atoms with Gasteiger partial charge >= 0.3 is 0 Å². The van der Waals surface area contributed by atoms with E-state index in [4.69, 9.17) is 14.9 Å². The normalized spacial score (nSPS) is 15.6. The van der Waals surface area contributed by atoms with E-state index in [2.05, 4.69) is 10.1 Å². The minimum atomic E-state index is -3.33. The number of rotatable bonds is 10. The first-order valence-corrected chi connectivity index (χ1v) is 14.4. The van der Waals surface area contributed by atoms with Gasteiger partial charge in [0.2, 0.25) is 5.91 Å². The second-order valence-corrected chi connectivity index (χ2v) is 11.5. The van der Waals surface area contributed by atoms with E-state index in [1.807, 2.05) is 13.8 Å². The Morgan fingerprint density at radius 3 is 2.66 bits per heavy atom. The van der Waals surface area contributed by atoms with Crippen LogP contribution in [0, 0.1) is 5.92 Å². The molecule has 1 amide bonds. The summed E-state index contributed by atoms with van der Waals surface area (Å²) in [5, 5.41) is 13.2. The molecular weight excluding hydrogens is 512 g/mol. The van der Waals surface area contributed by atoms with Gasteiger partial charge in [0.25, 0.3) is 5.56 Å². The van der Waals surface area contributed by atoms with Crippen molar-refractivity contribution >= 4 is 27.7 Å². The quantitative estimate of drug-likeness (QED) is 0.188. The maximum Gasteiger partial charge on any atom is 0.277 e. The van der Waals surface area contributed by atoms with Crippen LogP contribution in [0.1, 0.15) is 51.6 Å². The second-order valence-electron chi connectivity index (χ2n) is 9.49. The molecule has 0 spiro atoms. The molecule has 1 aliphatic heterocycles. The van der Waals surface area contributed by atoms with Gasteiger partial charge in [-0.2, -0.15) is 5.10 Å². The molecule has 12 nitrogen and oxygen atoms in total. The van der Waals surface area contributed by atoms with E-state index in [0.29, 0.717) is 72.6 Å². The number of benzene rings is 1. The molecule has 0 bridgehead atoms. The number of hydrogen-bond acceptors (Lipinski definition) is 9. The predicted octanol–water partition coefficient (Wildman–Crippen LogP) is 3.70. The smallest absolute Gasteiger partial charge is 0.277 e. The highest BCUT2D eigenvalue weighted by Gasteiger charge is 2.31. The van der Waals surface area contributed by atoms with Crippen molar-refractivity contribution in [3.05, 3.63) is 34.2 Å². The minimum absolute atomic E-state index is 0.228. The molecule has 1 saturated heterocycles. The average Bonchev–Trinajstić information content (AvgIpc) is 3.23. The van der Waals surface area contributed by atoms with Gasteiger partial charge in [-0.3, -0.25) is 28.6 Å². The van der Waals surface area contributed by atoms with Gasteiger partial charge in [0.05, 0.1) is 22.8 Å². The number of aromatic nitrogens is 4. The molecule has 1 aliphatic rings. The molecule has 0 unspecified atom stereocenters. The number of ether oxygens (including phenoxy) is 1. The molecule has 3 aromatic rings. The average molecular weight is 549 g/mol. The maximum atomic E-state index is 13.0. The van der Waals surface area contributed by atoms with Gasteiger partial charge in [0.1, 0.15) is 17.1 Å². The van der Waals surface area contributed by atoms with Crippen LogP contribution in [0.5, 0.6) is 5.75 Å². The third-order valence-corrected chi connectivity index (χ3v) is 8.88. The SMILES string of the molecule is CCCc1nn(C)c2c(=O)[nH]c(-c3cc(S(O)(O)N4CCC(CCC(=O)NO)CC4)ccc3OCC)nc12. The lowest BCUT2D eigenvalue weighted by Crippen LogP contribution is -2.36. The monoisotopic (exact) mass is 548 g/mol. The van der Waals surface area contributed by atoms with Crippen LogP contribution in [0.2, 0.25) is 0 Å². The highest BCUT2D eigenvalue weighted by Crippen LogP contribution is 2.54. The Balaban J connectivity index is 1.66. The van der Waals surface area contributed by atoms with Crippen LogP contribution >= 0.6 is 10.8 Å². The molecule has 5 N–H and O–H groups in total. The molecule has 4 rings (SSSR count). The number of nitrogens with zero attached hydrogens (tertiary/aromatic N) is 4. The lowest BCUT2D eigenvalue weighted by molar-refractivity contribution is -0.129. The zero-order valence-electron chi connectivity index (χ0n) is 21.9. The van der Waals surface area contributed by atoms with Crippen LogP contribution in [-0.2, 0) is 18.3 Å². The van der Waals surface area contributed by atoms with Crippen LogP contribution in [-0.4, -0.2) is 64.0 Å². The summed E-state index contributed by atoms with van der Waals surface area (Å²) >= 11 is 0. The van der Waals surface area contributed by atoms with Crippen molar-refractivity contribution in [1.82, 2.24) is 29.5 Å². The molecular formula is C25H36N6O6S. The Morgan fingerprint density at radius 1 is 1.26 bits per heavy atom. The van der Waals surface area contributed by atoms with Crippen LogP contribution in [0.3, 0.4) is 0 Å². The number of carbonyl (C=O) groups excluding carboxylic acids is 1. The summed E-state index contributed by atoms with van der Waals surface area (Å²) in [6.45, 7) is 5.16. The first-order valence-electron chi connectivity index (χ1n) is 12.9. The van der Waals surface area contributed by atoms with E-state index in [1.54, 1.807) is 35.0 Å². The number of H-pyrrole nitrogens is 1. The zero-order chi connectivity index (χ0) is 27.4. The van der Waals surface area contributed by atoms with Gasteiger partial charge < -0.3 is 9.72 Å². The molecule has 1 aromatic carbocycles.